The van der Waals surface area contributed by atoms with Crippen LogP contribution in [0.5, 0.6) is 0 Å². The molecule has 0 aromatic carbocycles. The number of furan rings is 1. The number of rotatable bonds is 5. The normalized spacial score (nSPS) is 29.1. The maximum Gasteiger partial charge on any atom is 0.317 e. The minimum Gasteiger partial charge on any atom is -0.481 e. The van der Waals surface area contributed by atoms with Gasteiger partial charge in [0.2, 0.25) is 0 Å². The van der Waals surface area contributed by atoms with E-state index in [9.17, 15) is 14.7 Å². The molecule has 1 aromatic rings. The van der Waals surface area contributed by atoms with Crippen LogP contribution < -0.4 is 5.32 Å². The summed E-state index contributed by atoms with van der Waals surface area (Å²) in [5, 5.41) is 12.8. The molecule has 0 spiro atoms. The highest BCUT2D eigenvalue weighted by atomic mass is 16.4. The first-order valence-corrected chi connectivity index (χ1v) is 10.1. The molecule has 1 saturated carbocycles. The molecule has 3 fully saturated rings. The monoisotopic (exact) mass is 375 g/mol. The molecule has 1 aromatic heterocycles. The van der Waals surface area contributed by atoms with Crippen molar-refractivity contribution in [1.29, 1.82) is 0 Å². The Kier molecular flexibility index (Phi) is 4.88. The van der Waals surface area contributed by atoms with Crippen molar-refractivity contribution in [3.63, 3.8) is 0 Å². The third-order valence-electron chi connectivity index (χ3n) is 6.70. The summed E-state index contributed by atoms with van der Waals surface area (Å²) in [4.78, 5) is 28.7. The summed E-state index contributed by atoms with van der Waals surface area (Å²) >= 11 is 0. The molecule has 2 saturated heterocycles. The molecule has 1 unspecified atom stereocenters. The van der Waals surface area contributed by atoms with E-state index in [1.54, 1.807) is 4.90 Å². The average Bonchev–Trinajstić information content (AvgIpc) is 3.38. The van der Waals surface area contributed by atoms with E-state index in [1.807, 2.05) is 19.1 Å². The van der Waals surface area contributed by atoms with E-state index in [1.165, 1.54) is 12.8 Å². The Morgan fingerprint density at radius 1 is 1.33 bits per heavy atom. The number of aliphatic carboxylic acids is 1. The smallest absolute Gasteiger partial charge is 0.317 e. The lowest BCUT2D eigenvalue weighted by Crippen LogP contribution is -2.44. The van der Waals surface area contributed by atoms with Gasteiger partial charge in [-0.05, 0) is 63.7 Å². The Hall–Kier alpha value is -2.02. The molecule has 7 nitrogen and oxygen atoms in total. The van der Waals surface area contributed by atoms with Crippen LogP contribution in [0.2, 0.25) is 0 Å². The zero-order chi connectivity index (χ0) is 19.0. The number of nitrogens with zero attached hydrogens (tertiary/aromatic N) is 2. The fraction of sp³-hybridized carbons (Fsp3) is 0.700. The van der Waals surface area contributed by atoms with Crippen molar-refractivity contribution in [3.8, 4) is 0 Å². The minimum absolute atomic E-state index is 0.0284. The average molecular weight is 375 g/mol. The first-order valence-electron chi connectivity index (χ1n) is 10.1. The van der Waals surface area contributed by atoms with Gasteiger partial charge in [-0.2, -0.15) is 0 Å². The SMILES string of the molecule is Cc1ccc(C(CNC(=O)N2C[C@@H]3CCC[C@@]3(C(=O)O)C2)N2CCCC2)o1. The number of fused-ring (bicyclic) bond motifs is 1. The van der Waals surface area contributed by atoms with E-state index in [0.717, 1.165) is 37.5 Å². The third kappa shape index (κ3) is 3.33. The summed E-state index contributed by atoms with van der Waals surface area (Å²) in [5.41, 5.74) is -0.732. The molecule has 2 aliphatic heterocycles. The number of urea groups is 1. The maximum absolute atomic E-state index is 12.8. The van der Waals surface area contributed by atoms with Gasteiger partial charge in [0.25, 0.3) is 0 Å². The number of carbonyl (C=O) groups excluding carboxylic acids is 1. The lowest BCUT2D eigenvalue weighted by molar-refractivity contribution is -0.149. The molecular formula is C20H29N3O4. The van der Waals surface area contributed by atoms with E-state index in [2.05, 4.69) is 10.2 Å². The summed E-state index contributed by atoms with van der Waals surface area (Å²) in [6.45, 7) is 5.30. The Morgan fingerprint density at radius 3 is 2.74 bits per heavy atom. The van der Waals surface area contributed by atoms with Crippen molar-refractivity contribution < 1.29 is 19.1 Å². The second-order valence-electron chi connectivity index (χ2n) is 8.32. The van der Waals surface area contributed by atoms with E-state index < -0.39 is 11.4 Å². The van der Waals surface area contributed by atoms with E-state index in [4.69, 9.17) is 4.42 Å². The number of likely N-dealkylation sites (tertiary alicyclic amines) is 2. The number of amides is 2. The molecule has 0 bridgehead atoms. The van der Waals surface area contributed by atoms with Crippen LogP contribution in [0.25, 0.3) is 0 Å². The molecule has 2 amide bonds. The van der Waals surface area contributed by atoms with Crippen molar-refractivity contribution in [1.82, 2.24) is 15.1 Å². The first-order chi connectivity index (χ1) is 13.0. The van der Waals surface area contributed by atoms with E-state index >= 15 is 0 Å². The van der Waals surface area contributed by atoms with Gasteiger partial charge in [0, 0.05) is 19.6 Å². The van der Waals surface area contributed by atoms with Gasteiger partial charge in [0.15, 0.2) is 0 Å². The number of nitrogens with one attached hydrogen (secondary N) is 1. The zero-order valence-corrected chi connectivity index (χ0v) is 15.9. The quantitative estimate of drug-likeness (QED) is 0.826. The van der Waals surface area contributed by atoms with Crippen molar-refractivity contribution in [2.24, 2.45) is 11.3 Å². The first kappa shape index (κ1) is 18.3. The van der Waals surface area contributed by atoms with Gasteiger partial charge in [-0.1, -0.05) is 6.42 Å². The topological polar surface area (TPSA) is 86.0 Å². The van der Waals surface area contributed by atoms with Crippen molar-refractivity contribution in [2.75, 3.05) is 32.7 Å². The van der Waals surface area contributed by atoms with Gasteiger partial charge < -0.3 is 19.7 Å². The van der Waals surface area contributed by atoms with Crippen molar-refractivity contribution >= 4 is 12.0 Å². The van der Waals surface area contributed by atoms with Crippen molar-refractivity contribution in [2.45, 2.75) is 45.1 Å². The third-order valence-corrected chi connectivity index (χ3v) is 6.70. The number of hydrogen-bond donors (Lipinski definition) is 2. The lowest BCUT2D eigenvalue weighted by atomic mass is 9.81. The molecule has 4 rings (SSSR count). The predicted molar refractivity (Wildman–Crippen MR) is 99.4 cm³/mol. The number of carboxylic acid groups (broad SMARTS) is 1. The summed E-state index contributed by atoms with van der Waals surface area (Å²) in [5.74, 6) is 1.09. The molecule has 7 heteroatoms. The van der Waals surface area contributed by atoms with Crippen LogP contribution in [-0.2, 0) is 4.79 Å². The van der Waals surface area contributed by atoms with Gasteiger partial charge in [0.1, 0.15) is 11.5 Å². The van der Waals surface area contributed by atoms with Crippen LogP contribution >= 0.6 is 0 Å². The van der Waals surface area contributed by atoms with Gasteiger partial charge in [-0.25, -0.2) is 4.79 Å². The van der Waals surface area contributed by atoms with Crippen molar-refractivity contribution in [3.05, 3.63) is 23.7 Å². The number of aryl methyl sites for hydroxylation is 1. The highest BCUT2D eigenvalue weighted by Crippen LogP contribution is 2.48. The number of carbonyl (C=O) groups is 2. The van der Waals surface area contributed by atoms with Gasteiger partial charge in [0.05, 0.1) is 11.5 Å². The summed E-state index contributed by atoms with van der Waals surface area (Å²) < 4.78 is 5.84. The van der Waals surface area contributed by atoms with Crippen LogP contribution in [0.1, 0.15) is 49.7 Å². The van der Waals surface area contributed by atoms with Crippen LogP contribution in [0.3, 0.4) is 0 Å². The fourth-order valence-corrected chi connectivity index (χ4v) is 5.18. The summed E-state index contributed by atoms with van der Waals surface area (Å²) in [6, 6.07) is 3.82. The van der Waals surface area contributed by atoms with Gasteiger partial charge in [-0.3, -0.25) is 9.69 Å². The molecule has 2 N–H and O–H groups in total. The van der Waals surface area contributed by atoms with Crippen LogP contribution in [-0.4, -0.2) is 59.6 Å². The molecule has 0 radical (unpaired) electrons. The zero-order valence-electron chi connectivity index (χ0n) is 15.9. The fourth-order valence-electron chi connectivity index (χ4n) is 5.18. The highest BCUT2D eigenvalue weighted by molar-refractivity contribution is 5.80. The minimum atomic E-state index is -0.749. The highest BCUT2D eigenvalue weighted by Gasteiger charge is 2.55. The predicted octanol–water partition coefficient (Wildman–Crippen LogP) is 2.62. The molecular weight excluding hydrogens is 346 g/mol. The van der Waals surface area contributed by atoms with Gasteiger partial charge >= 0.3 is 12.0 Å². The second-order valence-corrected chi connectivity index (χ2v) is 8.32. The van der Waals surface area contributed by atoms with E-state index in [-0.39, 0.29) is 18.0 Å². The van der Waals surface area contributed by atoms with Crippen LogP contribution in [0, 0.1) is 18.3 Å². The maximum atomic E-state index is 12.8. The Labute approximate surface area is 159 Å². The van der Waals surface area contributed by atoms with Gasteiger partial charge in [-0.15, -0.1) is 0 Å². The Morgan fingerprint density at radius 2 is 2.11 bits per heavy atom. The van der Waals surface area contributed by atoms with Crippen LogP contribution in [0.15, 0.2) is 16.5 Å². The summed E-state index contributed by atoms with van der Waals surface area (Å²) in [6.07, 6.45) is 4.86. The standard InChI is InChI=1S/C20H29N3O4/c1-14-6-7-17(27-14)16(22-9-2-3-10-22)11-21-19(26)23-12-15-5-4-8-20(15,13-23)18(24)25/h6-7,15-16H,2-5,8-13H2,1H3,(H,21,26)(H,24,25)/t15-,16?,20+/m0/s1. The molecule has 3 atom stereocenters. The second kappa shape index (κ2) is 7.19. The number of carboxylic acids is 1. The Bertz CT molecular complexity index is 712. The molecule has 27 heavy (non-hydrogen) atoms. The van der Waals surface area contributed by atoms with Crippen LogP contribution in [0.4, 0.5) is 4.79 Å². The molecule has 1 aliphatic carbocycles. The Balaban J connectivity index is 1.41. The molecule has 3 heterocycles. The number of hydrogen-bond acceptors (Lipinski definition) is 4. The molecule has 148 valence electrons. The largest absolute Gasteiger partial charge is 0.481 e. The van der Waals surface area contributed by atoms with E-state index in [0.29, 0.717) is 26.1 Å². The molecule has 3 aliphatic rings. The summed E-state index contributed by atoms with van der Waals surface area (Å²) in [7, 11) is 0. The lowest BCUT2D eigenvalue weighted by Gasteiger charge is -2.28.